The van der Waals surface area contributed by atoms with E-state index < -0.39 is 0 Å². The predicted molar refractivity (Wildman–Crippen MR) is 86.9 cm³/mol. The van der Waals surface area contributed by atoms with E-state index in [0.717, 1.165) is 17.4 Å². The Balaban J connectivity index is 1.75. The first kappa shape index (κ1) is 14.0. The molecule has 3 nitrogen and oxygen atoms in total. The SMILES string of the molecule is O=C(c1ncccc1Br)N1CC=C(c2ccccc2)CC1. The van der Waals surface area contributed by atoms with Gasteiger partial charge in [-0.2, -0.15) is 0 Å². The highest BCUT2D eigenvalue weighted by Gasteiger charge is 2.21. The highest BCUT2D eigenvalue weighted by atomic mass is 79.9. The number of carbonyl (C=O) groups excluding carboxylic acids is 1. The van der Waals surface area contributed by atoms with Crippen molar-refractivity contribution in [2.45, 2.75) is 6.42 Å². The number of rotatable bonds is 2. The summed E-state index contributed by atoms with van der Waals surface area (Å²) >= 11 is 3.39. The quantitative estimate of drug-likeness (QED) is 0.832. The smallest absolute Gasteiger partial charge is 0.273 e. The Morgan fingerprint density at radius 3 is 2.62 bits per heavy atom. The third kappa shape index (κ3) is 3.05. The second kappa shape index (κ2) is 6.22. The molecule has 2 aromatic rings. The Kier molecular flexibility index (Phi) is 4.15. The molecular weight excluding hydrogens is 328 g/mol. The minimum Gasteiger partial charge on any atom is -0.333 e. The average Bonchev–Trinajstić information content (AvgIpc) is 2.56. The molecule has 21 heavy (non-hydrogen) atoms. The lowest BCUT2D eigenvalue weighted by Crippen LogP contribution is -2.35. The van der Waals surface area contributed by atoms with E-state index >= 15 is 0 Å². The maximum atomic E-state index is 12.5. The zero-order valence-corrected chi connectivity index (χ0v) is 13.1. The van der Waals surface area contributed by atoms with Gasteiger partial charge in [-0.3, -0.25) is 4.79 Å². The molecule has 0 fully saturated rings. The fourth-order valence-electron chi connectivity index (χ4n) is 2.46. The van der Waals surface area contributed by atoms with E-state index in [2.05, 4.69) is 39.1 Å². The van der Waals surface area contributed by atoms with Crippen molar-refractivity contribution < 1.29 is 4.79 Å². The van der Waals surface area contributed by atoms with Crippen LogP contribution in [0.1, 0.15) is 22.5 Å². The van der Waals surface area contributed by atoms with Gasteiger partial charge >= 0.3 is 0 Å². The van der Waals surface area contributed by atoms with E-state index in [0.29, 0.717) is 12.2 Å². The van der Waals surface area contributed by atoms with Gasteiger partial charge in [0.15, 0.2) is 0 Å². The predicted octanol–water partition coefficient (Wildman–Crippen LogP) is 3.77. The number of amides is 1. The summed E-state index contributed by atoms with van der Waals surface area (Å²) in [4.78, 5) is 18.5. The van der Waals surface area contributed by atoms with Gasteiger partial charge in [0, 0.05) is 23.8 Å². The van der Waals surface area contributed by atoms with Gasteiger partial charge in [-0.1, -0.05) is 36.4 Å². The van der Waals surface area contributed by atoms with E-state index in [4.69, 9.17) is 0 Å². The summed E-state index contributed by atoms with van der Waals surface area (Å²) < 4.78 is 0.743. The van der Waals surface area contributed by atoms with Crippen LogP contribution >= 0.6 is 15.9 Å². The van der Waals surface area contributed by atoms with Gasteiger partial charge in [0.2, 0.25) is 0 Å². The molecule has 106 valence electrons. The molecule has 0 N–H and O–H groups in total. The van der Waals surface area contributed by atoms with Gasteiger partial charge in [-0.05, 0) is 45.6 Å². The molecule has 0 atom stereocenters. The molecule has 0 aliphatic carbocycles. The molecule has 3 rings (SSSR count). The first-order valence-electron chi connectivity index (χ1n) is 6.90. The normalized spacial score (nSPS) is 14.7. The molecule has 0 unspecified atom stereocenters. The van der Waals surface area contributed by atoms with Crippen LogP contribution in [0.4, 0.5) is 0 Å². The van der Waals surface area contributed by atoms with Crippen molar-refractivity contribution in [2.24, 2.45) is 0 Å². The summed E-state index contributed by atoms with van der Waals surface area (Å²) in [7, 11) is 0. The number of carbonyl (C=O) groups is 1. The van der Waals surface area contributed by atoms with Crippen LogP contribution in [0, 0.1) is 0 Å². The third-order valence-corrected chi connectivity index (χ3v) is 4.24. The van der Waals surface area contributed by atoms with E-state index in [9.17, 15) is 4.79 Å². The highest BCUT2D eigenvalue weighted by molar-refractivity contribution is 9.10. The van der Waals surface area contributed by atoms with Crippen molar-refractivity contribution in [3.8, 4) is 0 Å². The molecule has 1 aromatic heterocycles. The number of aromatic nitrogens is 1. The number of hydrogen-bond donors (Lipinski definition) is 0. The monoisotopic (exact) mass is 342 g/mol. The molecule has 0 spiro atoms. The molecule has 1 aliphatic rings. The Morgan fingerprint density at radius 2 is 1.95 bits per heavy atom. The Morgan fingerprint density at radius 1 is 1.14 bits per heavy atom. The second-order valence-electron chi connectivity index (χ2n) is 4.93. The van der Waals surface area contributed by atoms with Crippen molar-refractivity contribution in [2.75, 3.05) is 13.1 Å². The first-order valence-corrected chi connectivity index (χ1v) is 7.69. The lowest BCUT2D eigenvalue weighted by molar-refractivity contribution is 0.0766. The Labute approximate surface area is 132 Å². The van der Waals surface area contributed by atoms with Gasteiger partial charge < -0.3 is 4.90 Å². The number of hydrogen-bond acceptors (Lipinski definition) is 2. The van der Waals surface area contributed by atoms with Crippen LogP contribution in [0.15, 0.2) is 59.2 Å². The standard InChI is InChI=1S/C17H15BrN2O/c18-15-7-4-10-19-16(15)17(21)20-11-8-14(9-12-20)13-5-2-1-3-6-13/h1-8,10H,9,11-12H2. The summed E-state index contributed by atoms with van der Waals surface area (Å²) in [6.45, 7) is 1.36. The lowest BCUT2D eigenvalue weighted by Gasteiger charge is -2.26. The summed E-state index contributed by atoms with van der Waals surface area (Å²) in [6, 6.07) is 14.0. The first-order chi connectivity index (χ1) is 10.3. The summed E-state index contributed by atoms with van der Waals surface area (Å²) in [5, 5.41) is 0. The van der Waals surface area contributed by atoms with Crippen molar-refractivity contribution in [1.82, 2.24) is 9.88 Å². The zero-order chi connectivity index (χ0) is 14.7. The summed E-state index contributed by atoms with van der Waals surface area (Å²) in [5.74, 6) is -0.0224. The van der Waals surface area contributed by atoms with E-state index in [1.165, 1.54) is 11.1 Å². The van der Waals surface area contributed by atoms with E-state index in [-0.39, 0.29) is 5.91 Å². The zero-order valence-electron chi connectivity index (χ0n) is 11.5. The minimum absolute atomic E-state index is 0.0224. The van der Waals surface area contributed by atoms with Crippen molar-refractivity contribution in [3.63, 3.8) is 0 Å². The molecule has 1 amide bonds. The van der Waals surface area contributed by atoms with Crippen molar-refractivity contribution in [1.29, 1.82) is 0 Å². The topological polar surface area (TPSA) is 33.2 Å². The molecular formula is C17H15BrN2O. The van der Waals surface area contributed by atoms with Crippen LogP contribution in [0.2, 0.25) is 0 Å². The summed E-state index contributed by atoms with van der Waals surface area (Å²) in [5.41, 5.74) is 3.03. The molecule has 1 aromatic carbocycles. The highest BCUT2D eigenvalue weighted by Crippen LogP contribution is 2.23. The van der Waals surface area contributed by atoms with Gasteiger partial charge in [0.25, 0.3) is 5.91 Å². The summed E-state index contributed by atoms with van der Waals surface area (Å²) in [6.07, 6.45) is 4.65. The van der Waals surface area contributed by atoms with Crippen LogP contribution < -0.4 is 0 Å². The Hall–Kier alpha value is -1.94. The number of benzene rings is 1. The maximum Gasteiger partial charge on any atom is 0.273 e. The van der Waals surface area contributed by atoms with Crippen LogP contribution in [0.3, 0.4) is 0 Å². The van der Waals surface area contributed by atoms with Crippen LogP contribution in [0.5, 0.6) is 0 Å². The van der Waals surface area contributed by atoms with Gasteiger partial charge in [0.1, 0.15) is 5.69 Å². The van der Waals surface area contributed by atoms with Crippen molar-refractivity contribution in [3.05, 3.63) is 70.5 Å². The molecule has 1 aliphatic heterocycles. The molecule has 2 heterocycles. The van der Waals surface area contributed by atoms with Crippen molar-refractivity contribution >= 4 is 27.4 Å². The second-order valence-corrected chi connectivity index (χ2v) is 5.78. The van der Waals surface area contributed by atoms with Gasteiger partial charge in [-0.25, -0.2) is 4.98 Å². The van der Waals surface area contributed by atoms with Crippen LogP contribution in [0.25, 0.3) is 5.57 Å². The minimum atomic E-state index is -0.0224. The molecule has 4 heteroatoms. The van der Waals surface area contributed by atoms with Gasteiger partial charge in [-0.15, -0.1) is 0 Å². The molecule has 0 saturated heterocycles. The molecule has 0 saturated carbocycles. The fraction of sp³-hybridized carbons (Fsp3) is 0.176. The average molecular weight is 343 g/mol. The third-order valence-electron chi connectivity index (χ3n) is 3.60. The molecule has 0 bridgehead atoms. The molecule has 0 radical (unpaired) electrons. The fourth-order valence-corrected chi connectivity index (χ4v) is 2.89. The number of halogens is 1. The number of nitrogens with zero attached hydrogens (tertiary/aromatic N) is 2. The van der Waals surface area contributed by atoms with E-state index in [1.54, 1.807) is 6.20 Å². The van der Waals surface area contributed by atoms with E-state index in [1.807, 2.05) is 35.2 Å². The van der Waals surface area contributed by atoms with Crippen LogP contribution in [-0.4, -0.2) is 28.9 Å². The largest absolute Gasteiger partial charge is 0.333 e. The number of pyridine rings is 1. The van der Waals surface area contributed by atoms with Gasteiger partial charge in [0.05, 0.1) is 0 Å². The maximum absolute atomic E-state index is 12.5. The van der Waals surface area contributed by atoms with Crippen LogP contribution in [-0.2, 0) is 0 Å². The lowest BCUT2D eigenvalue weighted by atomic mass is 9.99. The Bertz CT molecular complexity index is 682.